The molecule has 9 heteroatoms. The van der Waals surface area contributed by atoms with Crippen LogP contribution in [0.1, 0.15) is 57.9 Å². The van der Waals surface area contributed by atoms with Crippen molar-refractivity contribution in [2.45, 2.75) is 52.4 Å². The fourth-order valence-electron chi connectivity index (χ4n) is 4.68. The number of amides is 3. The molecule has 0 fully saturated rings. The third-order valence-corrected chi connectivity index (χ3v) is 6.99. The van der Waals surface area contributed by atoms with E-state index in [4.69, 9.17) is 0 Å². The van der Waals surface area contributed by atoms with E-state index in [0.29, 0.717) is 26.1 Å². The molecule has 2 N–H and O–H groups in total. The molecule has 1 aromatic heterocycles. The molecule has 0 saturated heterocycles. The summed E-state index contributed by atoms with van der Waals surface area (Å²) in [6.45, 7) is 7.01. The van der Waals surface area contributed by atoms with Gasteiger partial charge in [0.05, 0.1) is 12.9 Å². The Morgan fingerprint density at radius 2 is 1.61 bits per heavy atom. The SMILES string of the molecule is CCCN1C(=O)c2c(C(=O)NCc3ccc(N(C)C)cc3)ncn2C[C@]1(C)C(=O)NCc1ccc(C)cc1. The van der Waals surface area contributed by atoms with Crippen molar-refractivity contribution in [1.29, 1.82) is 0 Å². The lowest BCUT2D eigenvalue weighted by molar-refractivity contribution is -0.133. The number of hydrogen-bond donors (Lipinski definition) is 2. The highest BCUT2D eigenvalue weighted by atomic mass is 16.2. The Labute approximate surface area is 223 Å². The molecule has 4 rings (SSSR count). The predicted octanol–water partition coefficient (Wildman–Crippen LogP) is 3.13. The number of fused-ring (bicyclic) bond motifs is 1. The monoisotopic (exact) mass is 516 g/mol. The Bertz CT molecular complexity index is 1310. The van der Waals surface area contributed by atoms with E-state index < -0.39 is 11.4 Å². The maximum Gasteiger partial charge on any atom is 0.273 e. The van der Waals surface area contributed by atoms with Crippen LogP contribution in [0.2, 0.25) is 0 Å². The van der Waals surface area contributed by atoms with Crippen molar-refractivity contribution < 1.29 is 14.4 Å². The topological polar surface area (TPSA) is 99.6 Å². The highest BCUT2D eigenvalue weighted by molar-refractivity contribution is 6.07. The first-order chi connectivity index (χ1) is 18.1. The number of imidazole rings is 1. The number of nitrogens with zero attached hydrogens (tertiary/aromatic N) is 4. The van der Waals surface area contributed by atoms with Crippen molar-refractivity contribution in [2.75, 3.05) is 25.5 Å². The van der Waals surface area contributed by atoms with Crippen LogP contribution in [-0.4, -0.2) is 58.4 Å². The van der Waals surface area contributed by atoms with E-state index in [-0.39, 0.29) is 29.7 Å². The van der Waals surface area contributed by atoms with E-state index in [2.05, 4.69) is 15.6 Å². The summed E-state index contributed by atoms with van der Waals surface area (Å²) in [5.74, 6) is -1.04. The highest BCUT2D eigenvalue weighted by Gasteiger charge is 2.48. The van der Waals surface area contributed by atoms with Crippen molar-refractivity contribution in [3.05, 3.63) is 82.9 Å². The molecule has 2 heterocycles. The van der Waals surface area contributed by atoms with Crippen molar-refractivity contribution >= 4 is 23.4 Å². The van der Waals surface area contributed by atoms with Gasteiger partial charge in [-0.15, -0.1) is 0 Å². The fourth-order valence-corrected chi connectivity index (χ4v) is 4.68. The van der Waals surface area contributed by atoms with Gasteiger partial charge in [0.15, 0.2) is 5.69 Å². The van der Waals surface area contributed by atoms with Crippen LogP contribution in [0.3, 0.4) is 0 Å². The number of benzene rings is 2. The smallest absolute Gasteiger partial charge is 0.273 e. The summed E-state index contributed by atoms with van der Waals surface area (Å²) in [6.07, 6.45) is 2.15. The van der Waals surface area contributed by atoms with Crippen LogP contribution in [0.25, 0.3) is 0 Å². The second-order valence-corrected chi connectivity index (χ2v) is 10.2. The molecule has 0 aliphatic carbocycles. The normalized spacial score (nSPS) is 16.7. The molecule has 9 nitrogen and oxygen atoms in total. The highest BCUT2D eigenvalue weighted by Crippen LogP contribution is 2.29. The maximum atomic E-state index is 13.7. The molecule has 1 atom stereocenters. The number of aromatic nitrogens is 2. The molecule has 0 spiro atoms. The molecule has 0 radical (unpaired) electrons. The first kappa shape index (κ1) is 26.9. The van der Waals surface area contributed by atoms with Gasteiger partial charge in [0.2, 0.25) is 5.91 Å². The van der Waals surface area contributed by atoms with Gasteiger partial charge in [-0.25, -0.2) is 4.98 Å². The van der Waals surface area contributed by atoms with Gasteiger partial charge in [0, 0.05) is 39.4 Å². The van der Waals surface area contributed by atoms with Gasteiger partial charge in [0.25, 0.3) is 11.8 Å². The Hall–Kier alpha value is -4.14. The molecular formula is C29H36N6O3. The minimum Gasteiger partial charge on any atom is -0.378 e. The van der Waals surface area contributed by atoms with E-state index in [9.17, 15) is 14.4 Å². The van der Waals surface area contributed by atoms with E-state index >= 15 is 0 Å². The van der Waals surface area contributed by atoms with Crippen molar-refractivity contribution in [3.63, 3.8) is 0 Å². The summed E-state index contributed by atoms with van der Waals surface area (Å²) >= 11 is 0. The van der Waals surface area contributed by atoms with Crippen LogP contribution in [-0.2, 0) is 24.4 Å². The number of carbonyl (C=O) groups is 3. The second kappa shape index (κ2) is 11.1. The minimum absolute atomic E-state index is 0.0723. The molecule has 0 saturated carbocycles. The van der Waals surface area contributed by atoms with E-state index in [1.165, 1.54) is 6.33 Å². The largest absolute Gasteiger partial charge is 0.378 e. The number of anilines is 1. The third-order valence-electron chi connectivity index (χ3n) is 6.99. The van der Waals surface area contributed by atoms with Crippen molar-refractivity contribution in [3.8, 4) is 0 Å². The van der Waals surface area contributed by atoms with Gasteiger partial charge in [-0.05, 0) is 43.5 Å². The summed E-state index contributed by atoms with van der Waals surface area (Å²) in [5, 5.41) is 5.87. The average Bonchev–Trinajstić information content (AvgIpc) is 3.33. The number of nitrogens with one attached hydrogen (secondary N) is 2. The first-order valence-corrected chi connectivity index (χ1v) is 12.9. The lowest BCUT2D eigenvalue weighted by atomic mass is 9.93. The molecule has 1 aliphatic heterocycles. The lowest BCUT2D eigenvalue weighted by Crippen LogP contribution is -2.64. The Balaban J connectivity index is 1.50. The summed E-state index contributed by atoms with van der Waals surface area (Å²) in [4.78, 5) is 48.1. The zero-order valence-corrected chi connectivity index (χ0v) is 22.7. The van der Waals surface area contributed by atoms with Crippen LogP contribution < -0.4 is 15.5 Å². The lowest BCUT2D eigenvalue weighted by Gasteiger charge is -2.43. The molecule has 0 unspecified atom stereocenters. The third kappa shape index (κ3) is 5.41. The number of aryl methyl sites for hydroxylation is 1. The zero-order valence-electron chi connectivity index (χ0n) is 22.7. The van der Waals surface area contributed by atoms with Gasteiger partial charge in [0.1, 0.15) is 11.2 Å². The standard InChI is InChI=1S/C29H36N6O3/c1-6-15-35-27(37)25-24(26(36)30-16-22-11-13-23(14-12-22)33(4)5)32-19-34(25)18-29(35,3)28(38)31-17-21-9-7-20(2)8-10-21/h7-14,19H,6,15-18H2,1-5H3,(H,30,36)(H,31,38)/t29-/m1/s1. The molecule has 200 valence electrons. The molecule has 3 amide bonds. The van der Waals surface area contributed by atoms with E-state index in [0.717, 1.165) is 22.4 Å². The fraction of sp³-hybridized carbons (Fsp3) is 0.379. The van der Waals surface area contributed by atoms with Crippen LogP contribution in [0, 0.1) is 6.92 Å². The molecule has 38 heavy (non-hydrogen) atoms. The summed E-state index contributed by atoms with van der Waals surface area (Å²) in [5.41, 5.74) is 3.30. The number of hydrogen-bond acceptors (Lipinski definition) is 5. The molecule has 1 aliphatic rings. The van der Waals surface area contributed by atoms with Gasteiger partial charge in [-0.1, -0.05) is 48.9 Å². The average molecular weight is 517 g/mol. The molecular weight excluding hydrogens is 480 g/mol. The van der Waals surface area contributed by atoms with Gasteiger partial charge in [-0.3, -0.25) is 14.4 Å². The quantitative estimate of drug-likeness (QED) is 0.455. The first-order valence-electron chi connectivity index (χ1n) is 12.9. The van der Waals surface area contributed by atoms with Crippen molar-refractivity contribution in [1.82, 2.24) is 25.1 Å². The zero-order chi connectivity index (χ0) is 27.4. The Morgan fingerprint density at radius 1 is 1.00 bits per heavy atom. The summed E-state index contributed by atoms with van der Waals surface area (Å²) in [6, 6.07) is 15.8. The van der Waals surface area contributed by atoms with Crippen LogP contribution in [0.4, 0.5) is 5.69 Å². The molecule has 2 aromatic carbocycles. The van der Waals surface area contributed by atoms with Gasteiger partial charge < -0.3 is 25.0 Å². The van der Waals surface area contributed by atoms with Crippen LogP contribution >= 0.6 is 0 Å². The maximum absolute atomic E-state index is 13.7. The van der Waals surface area contributed by atoms with Crippen molar-refractivity contribution in [2.24, 2.45) is 0 Å². The van der Waals surface area contributed by atoms with E-state index in [1.54, 1.807) is 16.4 Å². The summed E-state index contributed by atoms with van der Waals surface area (Å²) in [7, 11) is 3.94. The number of carbonyl (C=O) groups excluding carboxylic acids is 3. The van der Waals surface area contributed by atoms with E-state index in [1.807, 2.05) is 81.4 Å². The predicted molar refractivity (Wildman–Crippen MR) is 147 cm³/mol. The van der Waals surface area contributed by atoms with Crippen LogP contribution in [0.15, 0.2) is 54.9 Å². The molecule has 0 bridgehead atoms. The molecule has 3 aromatic rings. The summed E-state index contributed by atoms with van der Waals surface area (Å²) < 4.78 is 1.63. The van der Waals surface area contributed by atoms with Gasteiger partial charge >= 0.3 is 0 Å². The number of rotatable bonds is 9. The Kier molecular flexibility index (Phi) is 7.85. The minimum atomic E-state index is -1.12. The van der Waals surface area contributed by atoms with Crippen LogP contribution in [0.5, 0.6) is 0 Å². The Morgan fingerprint density at radius 3 is 2.21 bits per heavy atom. The van der Waals surface area contributed by atoms with Gasteiger partial charge in [-0.2, -0.15) is 0 Å². The second-order valence-electron chi connectivity index (χ2n) is 10.2.